The normalized spacial score (nSPS) is 23.1. The maximum Gasteiger partial charge on any atom is 0.287 e. The summed E-state index contributed by atoms with van der Waals surface area (Å²) in [7, 11) is 0. The van der Waals surface area contributed by atoms with Crippen LogP contribution in [0.4, 0.5) is 5.69 Å². The van der Waals surface area contributed by atoms with Crippen molar-refractivity contribution in [1.29, 1.82) is 0 Å². The molecule has 1 fully saturated rings. The first-order chi connectivity index (χ1) is 9.60. The SMILES string of the molecule is CC1CCCC(CN)N1c1cnn(CCO)c(=O)c1Cl. The molecule has 0 aliphatic carbocycles. The third kappa shape index (κ3) is 2.82. The van der Waals surface area contributed by atoms with Crippen LogP contribution in [0.5, 0.6) is 0 Å². The van der Waals surface area contributed by atoms with Crippen LogP contribution in [0, 0.1) is 0 Å². The first-order valence-corrected chi connectivity index (χ1v) is 7.32. The minimum absolute atomic E-state index is 0.145. The van der Waals surface area contributed by atoms with E-state index in [1.54, 1.807) is 6.20 Å². The topological polar surface area (TPSA) is 84.4 Å². The summed E-state index contributed by atoms with van der Waals surface area (Å²) in [6.07, 6.45) is 4.78. The average Bonchev–Trinajstić information content (AvgIpc) is 2.45. The molecule has 3 N–H and O–H groups in total. The zero-order valence-corrected chi connectivity index (χ0v) is 12.4. The summed E-state index contributed by atoms with van der Waals surface area (Å²) in [4.78, 5) is 14.2. The molecule has 20 heavy (non-hydrogen) atoms. The molecule has 7 heteroatoms. The summed E-state index contributed by atoms with van der Waals surface area (Å²) in [5, 5.41) is 13.1. The van der Waals surface area contributed by atoms with Crippen LogP contribution >= 0.6 is 11.6 Å². The minimum Gasteiger partial charge on any atom is -0.394 e. The lowest BCUT2D eigenvalue weighted by molar-refractivity contribution is 0.266. The molecule has 2 heterocycles. The van der Waals surface area contributed by atoms with E-state index in [1.165, 1.54) is 4.68 Å². The third-order valence-electron chi connectivity index (χ3n) is 3.86. The maximum absolute atomic E-state index is 12.1. The smallest absolute Gasteiger partial charge is 0.287 e. The number of nitrogens with zero attached hydrogens (tertiary/aromatic N) is 3. The van der Waals surface area contributed by atoms with Gasteiger partial charge < -0.3 is 15.7 Å². The Balaban J connectivity index is 2.40. The molecule has 0 spiro atoms. The zero-order valence-electron chi connectivity index (χ0n) is 11.6. The summed E-state index contributed by atoms with van der Waals surface area (Å²) in [5.74, 6) is 0. The summed E-state index contributed by atoms with van der Waals surface area (Å²) in [5.41, 5.74) is 6.12. The summed E-state index contributed by atoms with van der Waals surface area (Å²) < 4.78 is 1.18. The van der Waals surface area contributed by atoms with Gasteiger partial charge in [0.05, 0.1) is 25.0 Å². The molecule has 2 unspecified atom stereocenters. The molecule has 2 atom stereocenters. The van der Waals surface area contributed by atoms with Gasteiger partial charge in [-0.25, -0.2) is 4.68 Å². The van der Waals surface area contributed by atoms with Crippen molar-refractivity contribution in [1.82, 2.24) is 9.78 Å². The van der Waals surface area contributed by atoms with Crippen LogP contribution in [0.1, 0.15) is 26.2 Å². The van der Waals surface area contributed by atoms with E-state index in [9.17, 15) is 4.79 Å². The Hall–Kier alpha value is -1.11. The number of halogens is 1. The second-order valence-corrected chi connectivity index (χ2v) is 5.55. The summed E-state index contributed by atoms with van der Waals surface area (Å²) in [6, 6.07) is 0.468. The van der Waals surface area contributed by atoms with Gasteiger partial charge in [-0.1, -0.05) is 11.6 Å². The maximum atomic E-state index is 12.1. The van der Waals surface area contributed by atoms with Crippen molar-refractivity contribution >= 4 is 17.3 Å². The Morgan fingerprint density at radius 1 is 1.55 bits per heavy atom. The Labute approximate surface area is 123 Å². The van der Waals surface area contributed by atoms with Gasteiger partial charge in [0.1, 0.15) is 5.02 Å². The Morgan fingerprint density at radius 3 is 2.95 bits per heavy atom. The molecule has 1 aromatic rings. The van der Waals surface area contributed by atoms with Crippen molar-refractivity contribution in [3.05, 3.63) is 21.6 Å². The number of nitrogens with two attached hydrogens (primary N) is 1. The van der Waals surface area contributed by atoms with Crippen LogP contribution in [0.15, 0.2) is 11.0 Å². The van der Waals surface area contributed by atoms with E-state index >= 15 is 0 Å². The van der Waals surface area contributed by atoms with Gasteiger partial charge in [0.15, 0.2) is 0 Å². The molecule has 1 aliphatic heterocycles. The number of hydrogen-bond acceptors (Lipinski definition) is 5. The molecule has 1 saturated heterocycles. The fourth-order valence-electron chi connectivity index (χ4n) is 2.84. The van der Waals surface area contributed by atoms with Gasteiger partial charge in [-0.3, -0.25) is 4.79 Å². The van der Waals surface area contributed by atoms with Crippen molar-refractivity contribution in [3.63, 3.8) is 0 Å². The highest BCUT2D eigenvalue weighted by molar-refractivity contribution is 6.33. The largest absolute Gasteiger partial charge is 0.394 e. The summed E-state index contributed by atoms with van der Waals surface area (Å²) >= 11 is 6.22. The highest BCUT2D eigenvalue weighted by atomic mass is 35.5. The number of rotatable bonds is 4. The quantitative estimate of drug-likeness (QED) is 0.850. The molecule has 6 nitrogen and oxygen atoms in total. The number of aliphatic hydroxyl groups is 1. The van der Waals surface area contributed by atoms with Gasteiger partial charge >= 0.3 is 0 Å². The number of aromatic nitrogens is 2. The predicted octanol–water partition coefficient (Wildman–Crippen LogP) is 0.595. The average molecular weight is 301 g/mol. The van der Waals surface area contributed by atoms with Gasteiger partial charge in [-0.2, -0.15) is 5.10 Å². The Bertz CT molecular complexity index is 520. The van der Waals surface area contributed by atoms with Crippen LogP contribution in [0.3, 0.4) is 0 Å². The monoisotopic (exact) mass is 300 g/mol. The van der Waals surface area contributed by atoms with Crippen LogP contribution in [0.25, 0.3) is 0 Å². The Morgan fingerprint density at radius 2 is 2.30 bits per heavy atom. The molecule has 0 bridgehead atoms. The second kappa shape index (κ2) is 6.56. The molecule has 2 rings (SSSR count). The lowest BCUT2D eigenvalue weighted by Gasteiger charge is -2.42. The standard InChI is InChI=1S/C13H21ClN4O2/c1-9-3-2-4-10(7-15)18(9)11-8-16-17(5-6-19)13(20)12(11)14/h8-10,19H,2-7,15H2,1H3. The van der Waals surface area contributed by atoms with Crippen molar-refractivity contribution in [2.75, 3.05) is 18.1 Å². The number of anilines is 1. The summed E-state index contributed by atoms with van der Waals surface area (Å²) in [6.45, 7) is 2.64. The first kappa shape index (κ1) is 15.3. The molecule has 0 aromatic carbocycles. The molecule has 112 valence electrons. The molecule has 0 radical (unpaired) electrons. The molecule has 1 aliphatic rings. The molecule has 0 saturated carbocycles. The van der Waals surface area contributed by atoms with E-state index in [1.807, 2.05) is 0 Å². The van der Waals surface area contributed by atoms with Crippen molar-refractivity contribution in [2.45, 2.75) is 44.8 Å². The number of piperidine rings is 1. The number of hydrogen-bond donors (Lipinski definition) is 2. The van der Waals surface area contributed by atoms with Gasteiger partial charge in [-0.15, -0.1) is 0 Å². The van der Waals surface area contributed by atoms with E-state index < -0.39 is 0 Å². The molecular formula is C13H21ClN4O2. The molecule has 0 amide bonds. The van der Waals surface area contributed by atoms with E-state index in [4.69, 9.17) is 22.4 Å². The second-order valence-electron chi connectivity index (χ2n) is 5.17. The van der Waals surface area contributed by atoms with Crippen LogP contribution in [-0.2, 0) is 6.54 Å². The Kier molecular flexibility index (Phi) is 5.01. The van der Waals surface area contributed by atoms with Crippen molar-refractivity contribution < 1.29 is 5.11 Å². The van der Waals surface area contributed by atoms with E-state index in [0.29, 0.717) is 12.2 Å². The van der Waals surface area contributed by atoms with Crippen molar-refractivity contribution in [2.24, 2.45) is 5.73 Å². The highest BCUT2D eigenvalue weighted by Gasteiger charge is 2.29. The van der Waals surface area contributed by atoms with E-state index in [0.717, 1.165) is 19.3 Å². The lowest BCUT2D eigenvalue weighted by Crippen LogP contribution is -2.49. The first-order valence-electron chi connectivity index (χ1n) is 6.95. The van der Waals surface area contributed by atoms with Gasteiger partial charge in [0, 0.05) is 18.6 Å². The third-order valence-corrected chi connectivity index (χ3v) is 4.21. The van der Waals surface area contributed by atoms with Crippen LogP contribution in [0.2, 0.25) is 5.02 Å². The van der Waals surface area contributed by atoms with Gasteiger partial charge in [0.2, 0.25) is 0 Å². The fourth-order valence-corrected chi connectivity index (χ4v) is 3.09. The number of aliphatic hydroxyl groups excluding tert-OH is 1. The van der Waals surface area contributed by atoms with Crippen LogP contribution < -0.4 is 16.2 Å². The fraction of sp³-hybridized carbons (Fsp3) is 0.692. The highest BCUT2D eigenvalue weighted by Crippen LogP contribution is 2.31. The zero-order chi connectivity index (χ0) is 14.7. The molecular weight excluding hydrogens is 280 g/mol. The van der Waals surface area contributed by atoms with Crippen molar-refractivity contribution in [3.8, 4) is 0 Å². The minimum atomic E-state index is -0.369. The van der Waals surface area contributed by atoms with Gasteiger partial charge in [0.25, 0.3) is 5.56 Å². The van der Waals surface area contributed by atoms with E-state index in [-0.39, 0.29) is 35.8 Å². The van der Waals surface area contributed by atoms with Gasteiger partial charge in [-0.05, 0) is 26.2 Å². The van der Waals surface area contributed by atoms with Crippen LogP contribution in [-0.4, -0.2) is 40.1 Å². The molecule has 1 aromatic heterocycles. The lowest BCUT2D eigenvalue weighted by atomic mass is 9.96. The predicted molar refractivity (Wildman–Crippen MR) is 79.2 cm³/mol. The van der Waals surface area contributed by atoms with E-state index in [2.05, 4.69) is 16.9 Å².